The third-order valence-corrected chi connectivity index (χ3v) is 11.0. The van der Waals surface area contributed by atoms with Gasteiger partial charge in [0.2, 0.25) is 11.8 Å². The zero-order valence-electron chi connectivity index (χ0n) is 31.3. The summed E-state index contributed by atoms with van der Waals surface area (Å²) in [6.45, 7) is 3.76. The second kappa shape index (κ2) is 15.8. The number of carbonyl (C=O) groups is 3. The SMILES string of the molecule is C=CCNC(=O)C1C2C(=O)OC(c3ccccc3)C(c3ccccc3)N2C(c2cccc(OCCO)c2)C12C(=O)Nc1ccc(C#Cc3ccc(OC)cc3)cc12. The van der Waals surface area contributed by atoms with Gasteiger partial charge in [0.05, 0.1) is 31.7 Å². The lowest BCUT2D eigenvalue weighted by Gasteiger charge is -2.46. The molecule has 3 aliphatic rings. The molecule has 2 fully saturated rings. The summed E-state index contributed by atoms with van der Waals surface area (Å²) in [5.74, 6) is 4.80. The molecule has 3 heterocycles. The Balaban J connectivity index is 1.40. The lowest BCUT2D eigenvalue weighted by molar-refractivity contribution is -0.178. The molecule has 2 amide bonds. The molecule has 0 saturated carbocycles. The summed E-state index contributed by atoms with van der Waals surface area (Å²) >= 11 is 0. The van der Waals surface area contributed by atoms with Crippen LogP contribution in [0.2, 0.25) is 0 Å². The van der Waals surface area contributed by atoms with Crippen molar-refractivity contribution >= 4 is 23.5 Å². The standard InChI is InChI=1S/C47H41N3O7/c1-3-25-48-44(52)39-41-45(53)57-42(33-13-8-5-9-14-33)40(32-11-6-4-7-12-32)50(41)43(34-15-10-16-36(29-34)56-27-26-51)47(39)37-28-31(21-24-38(37)49-46(47)54)18-17-30-19-22-35(55-2)23-20-30/h3-16,19-24,28-29,39-43,51H,1,25-27H2,2H3,(H,48,52)(H,49,54). The van der Waals surface area contributed by atoms with Gasteiger partial charge in [0.15, 0.2) is 0 Å². The average molecular weight is 760 g/mol. The third-order valence-electron chi connectivity index (χ3n) is 11.0. The zero-order chi connectivity index (χ0) is 39.5. The normalized spacial score (nSPS) is 23.3. The van der Waals surface area contributed by atoms with Crippen molar-refractivity contribution in [1.82, 2.24) is 10.2 Å². The van der Waals surface area contributed by atoms with Crippen molar-refractivity contribution in [3.05, 3.63) is 173 Å². The number of amides is 2. The van der Waals surface area contributed by atoms with Crippen LogP contribution in [0.5, 0.6) is 11.5 Å². The van der Waals surface area contributed by atoms with Crippen molar-refractivity contribution in [2.45, 2.75) is 29.6 Å². The Hall–Kier alpha value is -6.67. The van der Waals surface area contributed by atoms with Crippen LogP contribution in [0.1, 0.15) is 51.6 Å². The van der Waals surface area contributed by atoms with Crippen LogP contribution in [0.15, 0.2) is 140 Å². The van der Waals surface area contributed by atoms with Crippen LogP contribution in [-0.4, -0.2) is 60.7 Å². The largest absolute Gasteiger partial charge is 0.497 e. The molecular formula is C47H41N3O7. The average Bonchev–Trinajstić information content (AvgIpc) is 3.73. The summed E-state index contributed by atoms with van der Waals surface area (Å²) in [5, 5.41) is 15.7. The van der Waals surface area contributed by atoms with E-state index in [1.165, 1.54) is 0 Å². The van der Waals surface area contributed by atoms with Crippen LogP contribution in [0.25, 0.3) is 0 Å². The number of carbonyl (C=O) groups excluding carboxylic acids is 3. The van der Waals surface area contributed by atoms with Gasteiger partial charge in [-0.3, -0.25) is 19.3 Å². The van der Waals surface area contributed by atoms with E-state index in [0.717, 1.165) is 16.7 Å². The monoisotopic (exact) mass is 759 g/mol. The summed E-state index contributed by atoms with van der Waals surface area (Å²) in [5.41, 5.74) is 2.96. The Morgan fingerprint density at radius 1 is 0.860 bits per heavy atom. The van der Waals surface area contributed by atoms with E-state index in [4.69, 9.17) is 14.2 Å². The molecule has 0 bridgehead atoms. The topological polar surface area (TPSA) is 126 Å². The molecule has 3 N–H and O–H groups in total. The molecular weight excluding hydrogens is 719 g/mol. The molecule has 10 heteroatoms. The van der Waals surface area contributed by atoms with Gasteiger partial charge in [-0.2, -0.15) is 0 Å². The number of hydrogen-bond donors (Lipinski definition) is 3. The predicted octanol–water partition coefficient (Wildman–Crippen LogP) is 6.04. The minimum absolute atomic E-state index is 0.0484. The summed E-state index contributed by atoms with van der Waals surface area (Å²) in [6, 6.07) is 36.6. The van der Waals surface area contributed by atoms with Gasteiger partial charge in [-0.25, -0.2) is 0 Å². The number of hydrogen-bond acceptors (Lipinski definition) is 8. The lowest BCUT2D eigenvalue weighted by Crippen LogP contribution is -2.54. The minimum atomic E-state index is -1.68. The van der Waals surface area contributed by atoms with Gasteiger partial charge in [-0.15, -0.1) is 6.58 Å². The number of cyclic esters (lactones) is 1. The maximum absolute atomic E-state index is 15.3. The molecule has 0 aliphatic carbocycles. The van der Waals surface area contributed by atoms with Crippen molar-refractivity contribution in [2.24, 2.45) is 5.92 Å². The number of nitrogens with one attached hydrogen (secondary N) is 2. The maximum Gasteiger partial charge on any atom is 0.324 e. The fraction of sp³-hybridized carbons (Fsp3) is 0.213. The number of ether oxygens (including phenoxy) is 3. The van der Waals surface area contributed by atoms with Crippen molar-refractivity contribution < 1.29 is 33.7 Å². The van der Waals surface area contributed by atoms with E-state index in [1.54, 1.807) is 25.3 Å². The van der Waals surface area contributed by atoms with Crippen LogP contribution in [0.3, 0.4) is 0 Å². The quantitative estimate of drug-likeness (QED) is 0.0895. The summed E-state index contributed by atoms with van der Waals surface area (Å²) in [4.78, 5) is 47.0. The molecule has 3 aliphatic heterocycles. The Morgan fingerprint density at radius 2 is 1.54 bits per heavy atom. The maximum atomic E-state index is 15.3. The molecule has 1 spiro atoms. The fourth-order valence-corrected chi connectivity index (χ4v) is 8.71. The molecule has 6 atom stereocenters. The van der Waals surface area contributed by atoms with E-state index in [0.29, 0.717) is 33.9 Å². The number of aliphatic hydroxyl groups is 1. The molecule has 8 rings (SSSR count). The predicted molar refractivity (Wildman–Crippen MR) is 214 cm³/mol. The van der Waals surface area contributed by atoms with Crippen molar-refractivity contribution in [2.75, 3.05) is 32.2 Å². The van der Waals surface area contributed by atoms with Gasteiger partial charge in [-0.05, 0) is 76.9 Å². The van der Waals surface area contributed by atoms with Gasteiger partial charge in [0, 0.05) is 23.4 Å². The van der Waals surface area contributed by atoms with E-state index in [1.807, 2.05) is 120 Å². The smallest absolute Gasteiger partial charge is 0.324 e. The van der Waals surface area contributed by atoms with Gasteiger partial charge in [-0.1, -0.05) is 90.7 Å². The molecule has 10 nitrogen and oxygen atoms in total. The molecule has 0 radical (unpaired) electrons. The van der Waals surface area contributed by atoms with Crippen LogP contribution >= 0.6 is 0 Å². The second-order valence-electron chi connectivity index (χ2n) is 14.1. The fourth-order valence-electron chi connectivity index (χ4n) is 8.71. The summed E-state index contributed by atoms with van der Waals surface area (Å²) < 4.78 is 17.7. The Morgan fingerprint density at radius 3 is 2.25 bits per heavy atom. The molecule has 286 valence electrons. The molecule has 57 heavy (non-hydrogen) atoms. The molecule has 6 unspecified atom stereocenters. The lowest BCUT2D eigenvalue weighted by atomic mass is 9.65. The first-order valence-corrected chi connectivity index (χ1v) is 18.8. The Kier molecular flexibility index (Phi) is 10.3. The third kappa shape index (κ3) is 6.61. The van der Waals surface area contributed by atoms with Crippen molar-refractivity contribution in [3.8, 4) is 23.3 Å². The zero-order valence-corrected chi connectivity index (χ0v) is 31.3. The van der Waals surface area contributed by atoms with Crippen molar-refractivity contribution in [3.63, 3.8) is 0 Å². The highest BCUT2D eigenvalue weighted by Gasteiger charge is 2.74. The number of methoxy groups -OCH3 is 1. The number of rotatable bonds is 10. The summed E-state index contributed by atoms with van der Waals surface area (Å²) in [7, 11) is 1.60. The first kappa shape index (κ1) is 37.3. The highest BCUT2D eigenvalue weighted by Crippen LogP contribution is 2.65. The van der Waals surface area contributed by atoms with E-state index in [-0.39, 0.29) is 19.8 Å². The van der Waals surface area contributed by atoms with Gasteiger partial charge in [0.25, 0.3) is 0 Å². The van der Waals surface area contributed by atoms with Gasteiger partial charge in [0.1, 0.15) is 35.7 Å². The van der Waals surface area contributed by atoms with Crippen LogP contribution in [0, 0.1) is 17.8 Å². The summed E-state index contributed by atoms with van der Waals surface area (Å²) in [6.07, 6.45) is 0.760. The minimum Gasteiger partial charge on any atom is -0.497 e. The van der Waals surface area contributed by atoms with E-state index < -0.39 is 53.3 Å². The number of aliphatic hydroxyl groups excluding tert-OH is 1. The van der Waals surface area contributed by atoms with Crippen LogP contribution in [0.4, 0.5) is 5.69 Å². The number of nitrogens with zero attached hydrogens (tertiary/aromatic N) is 1. The van der Waals surface area contributed by atoms with E-state index in [2.05, 4.69) is 29.1 Å². The first-order chi connectivity index (χ1) is 27.9. The highest BCUT2D eigenvalue weighted by molar-refractivity contribution is 6.12. The highest BCUT2D eigenvalue weighted by atomic mass is 16.6. The van der Waals surface area contributed by atoms with E-state index in [9.17, 15) is 14.7 Å². The number of esters is 1. The molecule has 5 aromatic carbocycles. The Bertz CT molecular complexity index is 2370. The molecule has 5 aromatic rings. The van der Waals surface area contributed by atoms with Gasteiger partial charge < -0.3 is 30.0 Å². The van der Waals surface area contributed by atoms with Crippen LogP contribution in [-0.2, 0) is 24.5 Å². The second-order valence-corrected chi connectivity index (χ2v) is 14.1. The molecule has 2 saturated heterocycles. The van der Waals surface area contributed by atoms with E-state index >= 15 is 4.79 Å². The number of fused-ring (bicyclic) bond motifs is 3. The van der Waals surface area contributed by atoms with Crippen LogP contribution < -0.4 is 20.1 Å². The Labute approximate surface area is 331 Å². The van der Waals surface area contributed by atoms with Gasteiger partial charge >= 0.3 is 5.97 Å². The number of morpholine rings is 1. The number of anilines is 1. The number of benzene rings is 5. The van der Waals surface area contributed by atoms with Crippen molar-refractivity contribution in [1.29, 1.82) is 0 Å². The first-order valence-electron chi connectivity index (χ1n) is 18.8. The molecule has 0 aromatic heterocycles.